The third-order valence-corrected chi connectivity index (χ3v) is 2.66. The predicted molar refractivity (Wildman–Crippen MR) is 70.6 cm³/mol. The predicted octanol–water partition coefficient (Wildman–Crippen LogP) is 1.59. The molecular weight excluding hydrogens is 214 g/mol. The third-order valence-electron chi connectivity index (χ3n) is 2.66. The van der Waals surface area contributed by atoms with Gasteiger partial charge in [0.05, 0.1) is 0 Å². The van der Waals surface area contributed by atoms with Crippen LogP contribution in [0.4, 0.5) is 5.69 Å². The molecular formula is C13H21N3O. The molecule has 1 aromatic rings. The van der Waals surface area contributed by atoms with Crippen molar-refractivity contribution >= 4 is 11.6 Å². The summed E-state index contributed by atoms with van der Waals surface area (Å²) in [6, 6.07) is 8.35. The molecule has 0 radical (unpaired) electrons. The molecule has 0 saturated carbocycles. The van der Waals surface area contributed by atoms with E-state index in [9.17, 15) is 4.79 Å². The summed E-state index contributed by atoms with van der Waals surface area (Å²) in [6.07, 6.45) is 1.47. The van der Waals surface area contributed by atoms with Gasteiger partial charge in [0.15, 0.2) is 0 Å². The molecule has 0 aromatic heterocycles. The number of carbonyl (C=O) groups is 1. The van der Waals surface area contributed by atoms with Crippen LogP contribution < -0.4 is 16.2 Å². The lowest BCUT2D eigenvalue weighted by molar-refractivity contribution is -0.120. The maximum atomic E-state index is 11.1. The first-order chi connectivity index (χ1) is 8.17. The van der Waals surface area contributed by atoms with E-state index in [1.165, 1.54) is 5.56 Å². The highest BCUT2D eigenvalue weighted by Gasteiger charge is 2.07. The molecule has 0 saturated heterocycles. The standard InChI is InChI=1S/C13H21N3O/c1-3-9-16(10-8-13(17)15-14)12-6-4-11(2)5-7-12/h4-7H,3,8-10,14H2,1-2H3,(H,15,17). The number of hydrogen-bond donors (Lipinski definition) is 2. The summed E-state index contributed by atoms with van der Waals surface area (Å²) in [6.45, 7) is 5.83. The van der Waals surface area contributed by atoms with Gasteiger partial charge >= 0.3 is 0 Å². The van der Waals surface area contributed by atoms with E-state index in [-0.39, 0.29) is 5.91 Å². The first-order valence-electron chi connectivity index (χ1n) is 5.98. The van der Waals surface area contributed by atoms with Gasteiger partial charge in [0.2, 0.25) is 5.91 Å². The lowest BCUT2D eigenvalue weighted by Crippen LogP contribution is -2.34. The minimum Gasteiger partial charge on any atom is -0.371 e. The van der Waals surface area contributed by atoms with Crippen molar-refractivity contribution < 1.29 is 4.79 Å². The van der Waals surface area contributed by atoms with E-state index >= 15 is 0 Å². The molecule has 1 rings (SSSR count). The number of amides is 1. The van der Waals surface area contributed by atoms with Gasteiger partial charge in [-0.15, -0.1) is 0 Å². The number of anilines is 1. The highest BCUT2D eigenvalue weighted by molar-refractivity contribution is 5.75. The van der Waals surface area contributed by atoms with Crippen LogP contribution in [0.2, 0.25) is 0 Å². The average Bonchev–Trinajstić information content (AvgIpc) is 2.35. The highest BCUT2D eigenvalue weighted by Crippen LogP contribution is 2.15. The number of hydrogen-bond acceptors (Lipinski definition) is 3. The number of rotatable bonds is 6. The Morgan fingerprint density at radius 2 is 1.94 bits per heavy atom. The van der Waals surface area contributed by atoms with Crippen molar-refractivity contribution in [3.63, 3.8) is 0 Å². The van der Waals surface area contributed by atoms with Gasteiger partial charge in [-0.2, -0.15) is 0 Å². The summed E-state index contributed by atoms with van der Waals surface area (Å²) < 4.78 is 0. The van der Waals surface area contributed by atoms with Crippen molar-refractivity contribution in [2.75, 3.05) is 18.0 Å². The molecule has 0 atom stereocenters. The van der Waals surface area contributed by atoms with E-state index in [1.54, 1.807) is 0 Å². The fraction of sp³-hybridized carbons (Fsp3) is 0.462. The summed E-state index contributed by atoms with van der Waals surface area (Å²) in [4.78, 5) is 13.3. The quantitative estimate of drug-likeness (QED) is 0.447. The van der Waals surface area contributed by atoms with Gasteiger partial charge in [0, 0.05) is 25.2 Å². The van der Waals surface area contributed by atoms with Crippen LogP contribution in [-0.4, -0.2) is 19.0 Å². The van der Waals surface area contributed by atoms with Gasteiger partial charge in [-0.25, -0.2) is 5.84 Å². The fourth-order valence-electron chi connectivity index (χ4n) is 1.70. The monoisotopic (exact) mass is 235 g/mol. The lowest BCUT2D eigenvalue weighted by atomic mass is 10.2. The zero-order valence-corrected chi connectivity index (χ0v) is 10.6. The Kier molecular flexibility index (Phi) is 5.49. The maximum absolute atomic E-state index is 11.1. The number of aryl methyl sites for hydroxylation is 1. The second kappa shape index (κ2) is 6.91. The molecule has 0 aliphatic heterocycles. The molecule has 4 heteroatoms. The van der Waals surface area contributed by atoms with Crippen LogP contribution in [-0.2, 0) is 4.79 Å². The Hall–Kier alpha value is -1.55. The smallest absolute Gasteiger partial charge is 0.235 e. The van der Waals surface area contributed by atoms with Crippen LogP contribution in [0.1, 0.15) is 25.3 Å². The van der Waals surface area contributed by atoms with Gasteiger partial charge in [-0.1, -0.05) is 24.6 Å². The van der Waals surface area contributed by atoms with Gasteiger partial charge in [-0.3, -0.25) is 10.2 Å². The van der Waals surface area contributed by atoms with Crippen LogP contribution >= 0.6 is 0 Å². The van der Waals surface area contributed by atoms with Crippen molar-refractivity contribution in [1.29, 1.82) is 0 Å². The van der Waals surface area contributed by atoms with Gasteiger partial charge in [-0.05, 0) is 25.5 Å². The Morgan fingerprint density at radius 1 is 1.29 bits per heavy atom. The molecule has 0 heterocycles. The average molecular weight is 235 g/mol. The van der Waals surface area contributed by atoms with Crippen molar-refractivity contribution in [3.05, 3.63) is 29.8 Å². The molecule has 1 amide bonds. The van der Waals surface area contributed by atoms with Crippen molar-refractivity contribution in [2.24, 2.45) is 5.84 Å². The first kappa shape index (κ1) is 13.5. The van der Waals surface area contributed by atoms with E-state index in [2.05, 4.69) is 48.4 Å². The maximum Gasteiger partial charge on any atom is 0.235 e. The SMILES string of the molecule is CCCN(CCC(=O)NN)c1ccc(C)cc1. The van der Waals surface area contributed by atoms with E-state index in [0.29, 0.717) is 13.0 Å². The largest absolute Gasteiger partial charge is 0.371 e. The van der Waals surface area contributed by atoms with Gasteiger partial charge < -0.3 is 4.90 Å². The van der Waals surface area contributed by atoms with E-state index in [4.69, 9.17) is 5.84 Å². The van der Waals surface area contributed by atoms with Crippen LogP contribution in [0.5, 0.6) is 0 Å². The molecule has 0 aliphatic rings. The normalized spacial score (nSPS) is 10.1. The second-order valence-electron chi connectivity index (χ2n) is 4.14. The zero-order chi connectivity index (χ0) is 12.7. The van der Waals surface area contributed by atoms with Crippen LogP contribution in [0.3, 0.4) is 0 Å². The number of nitrogens with zero attached hydrogens (tertiary/aromatic N) is 1. The third kappa shape index (κ3) is 4.44. The van der Waals surface area contributed by atoms with Crippen molar-refractivity contribution in [1.82, 2.24) is 5.43 Å². The molecule has 94 valence electrons. The van der Waals surface area contributed by atoms with Crippen LogP contribution in [0.15, 0.2) is 24.3 Å². The van der Waals surface area contributed by atoms with E-state index in [1.807, 2.05) is 0 Å². The number of hydrazine groups is 1. The van der Waals surface area contributed by atoms with Gasteiger partial charge in [0.25, 0.3) is 0 Å². The first-order valence-corrected chi connectivity index (χ1v) is 5.98. The fourth-order valence-corrected chi connectivity index (χ4v) is 1.70. The van der Waals surface area contributed by atoms with Crippen molar-refractivity contribution in [3.8, 4) is 0 Å². The van der Waals surface area contributed by atoms with Crippen molar-refractivity contribution in [2.45, 2.75) is 26.7 Å². The number of nitrogens with one attached hydrogen (secondary N) is 1. The summed E-state index contributed by atoms with van der Waals surface area (Å²) in [5.41, 5.74) is 4.55. The molecule has 4 nitrogen and oxygen atoms in total. The van der Waals surface area contributed by atoms with Gasteiger partial charge in [0.1, 0.15) is 0 Å². The van der Waals surface area contributed by atoms with Crippen LogP contribution in [0, 0.1) is 6.92 Å². The zero-order valence-electron chi connectivity index (χ0n) is 10.6. The minimum atomic E-state index is -0.127. The summed E-state index contributed by atoms with van der Waals surface area (Å²) in [5.74, 6) is 4.95. The Balaban J connectivity index is 2.64. The highest BCUT2D eigenvalue weighted by atomic mass is 16.2. The Morgan fingerprint density at radius 3 is 2.47 bits per heavy atom. The molecule has 1 aromatic carbocycles. The summed E-state index contributed by atoms with van der Waals surface area (Å²) >= 11 is 0. The number of carbonyl (C=O) groups excluding carboxylic acids is 1. The second-order valence-corrected chi connectivity index (χ2v) is 4.14. The molecule has 0 bridgehead atoms. The van der Waals surface area contributed by atoms with Crippen LogP contribution in [0.25, 0.3) is 0 Å². The minimum absolute atomic E-state index is 0.127. The summed E-state index contributed by atoms with van der Waals surface area (Å²) in [7, 11) is 0. The molecule has 3 N–H and O–H groups in total. The van der Waals surface area contributed by atoms with E-state index < -0.39 is 0 Å². The molecule has 0 aliphatic carbocycles. The molecule has 17 heavy (non-hydrogen) atoms. The van der Waals surface area contributed by atoms with E-state index in [0.717, 1.165) is 18.7 Å². The molecule has 0 spiro atoms. The lowest BCUT2D eigenvalue weighted by Gasteiger charge is -2.24. The summed E-state index contributed by atoms with van der Waals surface area (Å²) in [5, 5.41) is 0. The number of nitrogens with two attached hydrogens (primary N) is 1. The number of benzene rings is 1. The molecule has 0 unspecified atom stereocenters. The Bertz CT molecular complexity index is 348. The Labute approximate surface area is 103 Å². The molecule has 0 fully saturated rings. The topological polar surface area (TPSA) is 58.4 Å².